The topological polar surface area (TPSA) is 98.8 Å². The molecule has 2 heterocycles. The molecule has 2 amide bonds. The van der Waals surface area contributed by atoms with Gasteiger partial charge in [-0.1, -0.05) is 42.0 Å². The van der Waals surface area contributed by atoms with E-state index in [1.807, 2.05) is 6.92 Å². The Balaban J connectivity index is 1.18. The van der Waals surface area contributed by atoms with Gasteiger partial charge in [-0.3, -0.25) is 14.5 Å². The molecule has 6 rings (SSSR count). The molecule has 2 aliphatic heterocycles. The number of hydrogen-bond acceptors (Lipinski definition) is 5. The second-order valence-electron chi connectivity index (χ2n) is 11.7. The first-order valence-electron chi connectivity index (χ1n) is 14.5. The van der Waals surface area contributed by atoms with Gasteiger partial charge in [0.1, 0.15) is 0 Å². The summed E-state index contributed by atoms with van der Waals surface area (Å²) in [7, 11) is -4.03. The van der Waals surface area contributed by atoms with E-state index >= 15 is 0 Å². The van der Waals surface area contributed by atoms with Crippen molar-refractivity contribution in [3.63, 3.8) is 0 Å². The van der Waals surface area contributed by atoms with Gasteiger partial charge in [-0.05, 0) is 85.8 Å². The smallest absolute Gasteiger partial charge is 0.248 e. The van der Waals surface area contributed by atoms with E-state index in [-0.39, 0.29) is 24.0 Å². The normalized spacial score (nSPS) is 24.1. The molecule has 2 aromatic carbocycles. The molecule has 1 unspecified atom stereocenters. The maximum Gasteiger partial charge on any atom is 0.248 e. The number of nitrogens with zero attached hydrogens (tertiary/aromatic N) is 2. The number of amides is 2. The van der Waals surface area contributed by atoms with Crippen molar-refractivity contribution in [2.75, 3.05) is 32.7 Å². The van der Waals surface area contributed by atoms with Crippen molar-refractivity contribution in [3.8, 4) is 0 Å². The Kier molecular flexibility index (Phi) is 7.54. The van der Waals surface area contributed by atoms with E-state index in [0.717, 1.165) is 60.1 Å². The molecule has 1 saturated carbocycles. The Labute approximate surface area is 236 Å². The highest BCUT2D eigenvalue weighted by atomic mass is 32.2. The lowest BCUT2D eigenvalue weighted by Crippen LogP contribution is -2.62. The molecule has 0 aromatic heterocycles. The zero-order valence-corrected chi connectivity index (χ0v) is 23.9. The maximum atomic E-state index is 13.6. The van der Waals surface area contributed by atoms with Gasteiger partial charge in [0.25, 0.3) is 0 Å². The quantitative estimate of drug-likeness (QED) is 0.505. The van der Waals surface area contributed by atoms with E-state index in [1.54, 1.807) is 12.1 Å². The van der Waals surface area contributed by atoms with Gasteiger partial charge in [-0.15, -0.1) is 0 Å². The molecule has 4 aliphatic rings. The lowest BCUT2D eigenvalue weighted by Gasteiger charge is -2.35. The summed E-state index contributed by atoms with van der Waals surface area (Å²) in [4.78, 5) is 29.1. The molecule has 2 atom stereocenters. The van der Waals surface area contributed by atoms with Crippen molar-refractivity contribution in [2.24, 2.45) is 5.92 Å². The summed E-state index contributed by atoms with van der Waals surface area (Å²) in [6.45, 7) is 5.41. The summed E-state index contributed by atoms with van der Waals surface area (Å²) in [5.74, 6) is -0.272. The average Bonchev–Trinajstić information content (AvgIpc) is 3.77. The van der Waals surface area contributed by atoms with Crippen LogP contribution in [0.25, 0.3) is 5.57 Å². The number of aryl methyl sites for hydroxylation is 2. The highest BCUT2D eigenvalue weighted by Crippen LogP contribution is 2.35. The molecular weight excluding hydrogens is 524 g/mol. The van der Waals surface area contributed by atoms with E-state index < -0.39 is 27.9 Å². The highest BCUT2D eigenvalue weighted by Gasteiger charge is 2.43. The minimum Gasteiger partial charge on any atom is -0.353 e. The number of carbonyl (C=O) groups excluding carboxylic acids is 2. The summed E-state index contributed by atoms with van der Waals surface area (Å²) < 4.78 is 28.0. The van der Waals surface area contributed by atoms with Gasteiger partial charge < -0.3 is 10.6 Å². The van der Waals surface area contributed by atoms with Crippen LogP contribution < -0.4 is 10.6 Å². The summed E-state index contributed by atoms with van der Waals surface area (Å²) in [5.41, 5.74) is 5.83. The minimum absolute atomic E-state index is 0.0395. The molecule has 1 saturated heterocycles. The fraction of sp³-hybridized carbons (Fsp3) is 0.484. The van der Waals surface area contributed by atoms with Crippen LogP contribution >= 0.6 is 0 Å². The van der Waals surface area contributed by atoms with Gasteiger partial charge in [0, 0.05) is 32.7 Å². The molecule has 2 aliphatic carbocycles. The van der Waals surface area contributed by atoms with E-state index in [0.29, 0.717) is 0 Å². The minimum atomic E-state index is -4.03. The van der Waals surface area contributed by atoms with Crippen LogP contribution in [0.5, 0.6) is 0 Å². The van der Waals surface area contributed by atoms with Crippen molar-refractivity contribution in [2.45, 2.75) is 62.4 Å². The van der Waals surface area contributed by atoms with Crippen LogP contribution in [0.4, 0.5) is 0 Å². The van der Waals surface area contributed by atoms with Crippen LogP contribution in [0.2, 0.25) is 0 Å². The zero-order chi connectivity index (χ0) is 27.9. The number of carbonyl (C=O) groups is 2. The van der Waals surface area contributed by atoms with E-state index in [2.05, 4.69) is 39.8 Å². The Morgan fingerprint density at radius 2 is 1.85 bits per heavy atom. The number of fused-ring (bicyclic) bond motifs is 1. The SMILES string of the molecule is Cc1ccc(S(=O)(=O)N2CCNC(=O)C2C(=O)N[C@@H]2CCCc3cc(C4=CCN(CC5CC5)CC4)ccc32)cc1. The van der Waals surface area contributed by atoms with Crippen molar-refractivity contribution < 1.29 is 18.0 Å². The van der Waals surface area contributed by atoms with E-state index in [9.17, 15) is 18.0 Å². The fourth-order valence-corrected chi connectivity index (χ4v) is 7.77. The second kappa shape index (κ2) is 11.1. The third-order valence-electron chi connectivity index (χ3n) is 8.69. The predicted octanol–water partition coefficient (Wildman–Crippen LogP) is 3.18. The monoisotopic (exact) mass is 562 g/mol. The van der Waals surface area contributed by atoms with Crippen molar-refractivity contribution in [3.05, 3.63) is 70.8 Å². The molecule has 0 bridgehead atoms. The highest BCUT2D eigenvalue weighted by molar-refractivity contribution is 7.89. The summed E-state index contributed by atoms with van der Waals surface area (Å²) in [6.07, 6.45) is 8.76. The van der Waals surface area contributed by atoms with Gasteiger partial charge >= 0.3 is 0 Å². The standard InChI is InChI=1S/C31H38N4O4S/c1-21-5-10-26(11-6-21)40(38,39)35-18-15-32-30(36)29(35)31(37)33-28-4-2-3-25-19-24(9-12-27(25)28)23-13-16-34(17-14-23)20-22-7-8-22/h5-6,9-13,19,22,28-29H,2-4,7-8,14-18,20H2,1H3,(H,32,36)(H,33,37)/t28-,29?/m1/s1. The summed E-state index contributed by atoms with van der Waals surface area (Å²) >= 11 is 0. The van der Waals surface area contributed by atoms with Crippen LogP contribution in [0.15, 0.2) is 53.4 Å². The number of benzene rings is 2. The van der Waals surface area contributed by atoms with Gasteiger partial charge in [0.05, 0.1) is 10.9 Å². The third kappa shape index (κ3) is 5.60. The molecule has 0 spiro atoms. The molecule has 212 valence electrons. The molecule has 2 fully saturated rings. The Bertz CT molecular complexity index is 1430. The Morgan fingerprint density at radius 1 is 1.05 bits per heavy atom. The first kappa shape index (κ1) is 27.2. The molecule has 0 radical (unpaired) electrons. The molecule has 8 nitrogen and oxygen atoms in total. The van der Waals surface area contributed by atoms with Gasteiger partial charge in [0.15, 0.2) is 6.04 Å². The van der Waals surface area contributed by atoms with Crippen molar-refractivity contribution in [1.29, 1.82) is 0 Å². The van der Waals surface area contributed by atoms with Gasteiger partial charge in [0.2, 0.25) is 21.8 Å². The number of hydrogen-bond donors (Lipinski definition) is 2. The third-order valence-corrected chi connectivity index (χ3v) is 10.6. The average molecular weight is 563 g/mol. The second-order valence-corrected chi connectivity index (χ2v) is 13.6. The first-order valence-corrected chi connectivity index (χ1v) is 15.9. The summed E-state index contributed by atoms with van der Waals surface area (Å²) in [6, 6.07) is 11.3. The molecular formula is C31H38N4O4S. The number of sulfonamides is 1. The molecule has 2 N–H and O–H groups in total. The fourth-order valence-electron chi connectivity index (χ4n) is 6.22. The Morgan fingerprint density at radius 3 is 2.58 bits per heavy atom. The van der Waals surface area contributed by atoms with Gasteiger partial charge in [-0.25, -0.2) is 8.42 Å². The summed E-state index contributed by atoms with van der Waals surface area (Å²) in [5, 5.41) is 5.72. The predicted molar refractivity (Wildman–Crippen MR) is 154 cm³/mol. The van der Waals surface area contributed by atoms with Gasteiger partial charge in [-0.2, -0.15) is 4.31 Å². The lowest BCUT2D eigenvalue weighted by molar-refractivity contribution is -0.137. The largest absolute Gasteiger partial charge is 0.353 e. The van der Waals surface area contributed by atoms with Crippen LogP contribution in [-0.4, -0.2) is 68.2 Å². The zero-order valence-electron chi connectivity index (χ0n) is 23.1. The number of piperazine rings is 1. The first-order chi connectivity index (χ1) is 19.3. The number of nitrogens with one attached hydrogen (secondary N) is 2. The molecule has 9 heteroatoms. The van der Waals surface area contributed by atoms with E-state index in [4.69, 9.17) is 0 Å². The molecule has 40 heavy (non-hydrogen) atoms. The maximum absolute atomic E-state index is 13.6. The molecule has 2 aromatic rings. The van der Waals surface area contributed by atoms with Crippen molar-refractivity contribution >= 4 is 27.4 Å². The lowest BCUT2D eigenvalue weighted by atomic mass is 9.85. The van der Waals surface area contributed by atoms with Crippen molar-refractivity contribution in [1.82, 2.24) is 19.8 Å². The number of rotatable bonds is 7. The van der Waals surface area contributed by atoms with E-state index in [1.165, 1.54) is 48.2 Å². The van der Waals surface area contributed by atoms with Crippen LogP contribution in [-0.2, 0) is 26.0 Å². The van der Waals surface area contributed by atoms with Crippen LogP contribution in [0.3, 0.4) is 0 Å². The van der Waals surface area contributed by atoms with Crippen LogP contribution in [0, 0.1) is 12.8 Å². The Hall–Kier alpha value is -3.01. The van der Waals surface area contributed by atoms with Crippen LogP contribution in [0.1, 0.15) is 60.4 Å².